The second-order valence-electron chi connectivity index (χ2n) is 3.62. The van der Waals surface area contributed by atoms with Crippen LogP contribution in [0.1, 0.15) is 28.8 Å². The van der Waals surface area contributed by atoms with Crippen LogP contribution < -0.4 is 4.74 Å². The fraction of sp³-hybridized carbons (Fsp3) is 0.333. The summed E-state index contributed by atoms with van der Waals surface area (Å²) in [5, 5.41) is 17.0. The van der Waals surface area contributed by atoms with Gasteiger partial charge in [0.1, 0.15) is 5.75 Å². The monoisotopic (exact) mass is 273 g/mol. The molecule has 0 radical (unpaired) electrons. The van der Waals surface area contributed by atoms with E-state index in [1.54, 1.807) is 0 Å². The number of unbranched alkanes of at least 4 members (excludes halogenated alkanes) is 1. The molecule has 7 heteroatoms. The summed E-state index contributed by atoms with van der Waals surface area (Å²) in [5.41, 5.74) is -1.60. The summed E-state index contributed by atoms with van der Waals surface area (Å²) >= 11 is 0. The third kappa shape index (κ3) is 4.17. The van der Waals surface area contributed by atoms with Crippen molar-refractivity contribution in [3.05, 3.63) is 29.3 Å². The van der Waals surface area contributed by atoms with Crippen molar-refractivity contribution in [3.63, 3.8) is 0 Å². The van der Waals surface area contributed by atoms with Crippen LogP contribution in [0, 0.1) is 11.3 Å². The molecule has 0 aromatic heterocycles. The fourth-order valence-corrected chi connectivity index (χ4v) is 1.34. The predicted octanol–water partition coefficient (Wildman–Crippen LogP) is 3.09. The molecule has 102 valence electrons. The van der Waals surface area contributed by atoms with Gasteiger partial charge in [0.05, 0.1) is 23.8 Å². The van der Waals surface area contributed by atoms with Crippen molar-refractivity contribution in [2.45, 2.75) is 19.0 Å². The van der Waals surface area contributed by atoms with Gasteiger partial charge in [-0.2, -0.15) is 18.4 Å². The van der Waals surface area contributed by atoms with Gasteiger partial charge >= 0.3 is 12.1 Å². The van der Waals surface area contributed by atoms with E-state index in [0.29, 0.717) is 12.5 Å². The lowest BCUT2D eigenvalue weighted by Crippen LogP contribution is -2.11. The van der Waals surface area contributed by atoms with Crippen molar-refractivity contribution in [1.82, 2.24) is 0 Å². The molecule has 1 N–H and O–H groups in total. The summed E-state index contributed by atoms with van der Waals surface area (Å²) in [6, 6.07) is 4.38. The largest absolute Gasteiger partial charge is 0.493 e. The molecule has 0 heterocycles. The average molecular weight is 273 g/mol. The number of halogens is 3. The van der Waals surface area contributed by atoms with E-state index in [1.807, 2.05) is 6.07 Å². The molecule has 0 saturated heterocycles. The van der Waals surface area contributed by atoms with Crippen molar-refractivity contribution in [2.75, 3.05) is 6.61 Å². The van der Waals surface area contributed by atoms with Crippen LogP contribution in [-0.4, -0.2) is 17.7 Å². The van der Waals surface area contributed by atoms with E-state index in [4.69, 9.17) is 15.1 Å². The maximum absolute atomic E-state index is 12.7. The molecular weight excluding hydrogens is 263 g/mol. The van der Waals surface area contributed by atoms with Crippen LogP contribution in [0.4, 0.5) is 13.2 Å². The van der Waals surface area contributed by atoms with E-state index in [-0.39, 0.29) is 13.0 Å². The Morgan fingerprint density at radius 2 is 2.11 bits per heavy atom. The molecule has 0 amide bonds. The lowest BCUT2D eigenvalue weighted by Gasteiger charge is -2.14. The molecule has 0 atom stereocenters. The molecule has 19 heavy (non-hydrogen) atoms. The Hall–Kier alpha value is -2.23. The molecule has 0 bridgehead atoms. The Labute approximate surface area is 107 Å². The number of hydrogen-bond donors (Lipinski definition) is 1. The van der Waals surface area contributed by atoms with E-state index in [2.05, 4.69) is 0 Å². The summed E-state index contributed by atoms with van der Waals surface area (Å²) in [4.78, 5) is 10.6. The molecule has 0 spiro atoms. The molecule has 0 aliphatic rings. The maximum atomic E-state index is 12.7. The Balaban J connectivity index is 2.97. The molecule has 4 nitrogen and oxygen atoms in total. The van der Waals surface area contributed by atoms with Gasteiger partial charge in [-0.05, 0) is 24.6 Å². The highest BCUT2D eigenvalue weighted by Crippen LogP contribution is 2.36. The van der Waals surface area contributed by atoms with E-state index < -0.39 is 29.0 Å². The molecule has 0 aliphatic carbocycles. The lowest BCUT2D eigenvalue weighted by atomic mass is 10.1. The Morgan fingerprint density at radius 3 is 2.63 bits per heavy atom. The number of carboxylic acids is 1. The van der Waals surface area contributed by atoms with Crippen LogP contribution in [0.25, 0.3) is 0 Å². The maximum Gasteiger partial charge on any atom is 0.419 e. The van der Waals surface area contributed by atoms with Crippen LogP contribution in [0.3, 0.4) is 0 Å². The van der Waals surface area contributed by atoms with Crippen LogP contribution in [-0.2, 0) is 6.18 Å². The van der Waals surface area contributed by atoms with Gasteiger partial charge < -0.3 is 9.84 Å². The molecule has 1 aromatic carbocycles. The van der Waals surface area contributed by atoms with Gasteiger partial charge in [0.25, 0.3) is 0 Å². The number of aromatic carboxylic acids is 1. The first kappa shape index (κ1) is 14.8. The molecule has 0 unspecified atom stereocenters. The molecular formula is C12H10F3NO3. The highest BCUT2D eigenvalue weighted by Gasteiger charge is 2.35. The molecule has 0 fully saturated rings. The number of alkyl halides is 3. The topological polar surface area (TPSA) is 70.3 Å². The minimum atomic E-state index is -4.70. The number of carbonyl (C=O) groups is 1. The third-order valence-corrected chi connectivity index (χ3v) is 2.22. The van der Waals surface area contributed by atoms with Crippen molar-refractivity contribution in [2.24, 2.45) is 0 Å². The van der Waals surface area contributed by atoms with Crippen molar-refractivity contribution in [3.8, 4) is 11.8 Å². The first-order valence-corrected chi connectivity index (χ1v) is 5.30. The van der Waals surface area contributed by atoms with Crippen molar-refractivity contribution in [1.29, 1.82) is 5.26 Å². The Morgan fingerprint density at radius 1 is 1.42 bits per heavy atom. The minimum absolute atomic E-state index is 0.0386. The van der Waals surface area contributed by atoms with Crippen LogP contribution in [0.5, 0.6) is 5.75 Å². The van der Waals surface area contributed by atoms with E-state index in [0.717, 1.165) is 12.1 Å². The summed E-state index contributed by atoms with van der Waals surface area (Å²) in [5.74, 6) is -1.88. The number of ether oxygens (including phenoxy) is 1. The Bertz CT molecular complexity index is 506. The lowest BCUT2D eigenvalue weighted by molar-refractivity contribution is -0.139. The van der Waals surface area contributed by atoms with E-state index in [1.165, 1.54) is 0 Å². The van der Waals surface area contributed by atoms with Gasteiger partial charge in [-0.15, -0.1) is 0 Å². The standard InChI is InChI=1S/C12H10F3NO3/c13-12(14,15)9-7-8(11(17)18)3-4-10(9)19-6-2-1-5-16/h3-4,7H,1-2,6H2,(H,17,18). The number of nitrogens with zero attached hydrogens (tertiary/aromatic N) is 1. The van der Waals surface area contributed by atoms with Gasteiger partial charge in [-0.1, -0.05) is 0 Å². The van der Waals surface area contributed by atoms with Crippen molar-refractivity contribution >= 4 is 5.97 Å². The highest BCUT2D eigenvalue weighted by atomic mass is 19.4. The smallest absolute Gasteiger partial charge is 0.419 e. The molecule has 1 rings (SSSR count). The SMILES string of the molecule is N#CCCCOc1ccc(C(=O)O)cc1C(F)(F)F. The van der Waals surface area contributed by atoms with Crippen LogP contribution >= 0.6 is 0 Å². The zero-order valence-corrected chi connectivity index (χ0v) is 9.70. The molecule has 1 aromatic rings. The van der Waals surface area contributed by atoms with E-state index >= 15 is 0 Å². The van der Waals surface area contributed by atoms with Gasteiger partial charge in [0.2, 0.25) is 0 Å². The predicted molar refractivity (Wildman–Crippen MR) is 58.7 cm³/mol. The van der Waals surface area contributed by atoms with Crippen molar-refractivity contribution < 1.29 is 27.8 Å². The first-order valence-electron chi connectivity index (χ1n) is 5.30. The summed E-state index contributed by atoms with van der Waals surface area (Å²) in [6.07, 6.45) is -4.22. The minimum Gasteiger partial charge on any atom is -0.493 e. The summed E-state index contributed by atoms with van der Waals surface area (Å²) in [7, 11) is 0. The first-order chi connectivity index (χ1) is 8.86. The molecule has 0 saturated carbocycles. The van der Waals surface area contributed by atoms with E-state index in [9.17, 15) is 18.0 Å². The van der Waals surface area contributed by atoms with Gasteiger partial charge in [0, 0.05) is 6.42 Å². The second kappa shape index (κ2) is 6.09. The zero-order chi connectivity index (χ0) is 14.5. The number of carboxylic acid groups (broad SMARTS) is 1. The number of nitriles is 1. The third-order valence-electron chi connectivity index (χ3n) is 2.22. The Kier molecular flexibility index (Phi) is 4.75. The zero-order valence-electron chi connectivity index (χ0n) is 9.70. The number of hydrogen-bond acceptors (Lipinski definition) is 3. The number of rotatable bonds is 5. The highest BCUT2D eigenvalue weighted by molar-refractivity contribution is 5.88. The van der Waals surface area contributed by atoms with Gasteiger partial charge in [-0.25, -0.2) is 4.79 Å². The normalized spacial score (nSPS) is 10.8. The second-order valence-corrected chi connectivity index (χ2v) is 3.62. The van der Waals surface area contributed by atoms with Crippen LogP contribution in [0.15, 0.2) is 18.2 Å². The number of benzene rings is 1. The average Bonchev–Trinajstić information content (AvgIpc) is 2.33. The molecule has 0 aliphatic heterocycles. The summed E-state index contributed by atoms with van der Waals surface area (Å²) in [6.45, 7) is -0.0386. The van der Waals surface area contributed by atoms with Gasteiger partial charge in [0.15, 0.2) is 0 Å². The quantitative estimate of drug-likeness (QED) is 0.837. The van der Waals surface area contributed by atoms with Crippen LogP contribution in [0.2, 0.25) is 0 Å². The summed E-state index contributed by atoms with van der Waals surface area (Å²) < 4.78 is 43.2. The fourth-order valence-electron chi connectivity index (χ4n) is 1.34. The van der Waals surface area contributed by atoms with Gasteiger partial charge in [-0.3, -0.25) is 0 Å².